The molecule has 2 atom stereocenters. The molecule has 0 aliphatic heterocycles. The van der Waals surface area contributed by atoms with E-state index in [9.17, 15) is 32.6 Å². The average Bonchev–Trinajstić information content (AvgIpc) is 2.45. The van der Waals surface area contributed by atoms with E-state index in [1.165, 1.54) is 12.1 Å². The Balaban J connectivity index is 2.85. The summed E-state index contributed by atoms with van der Waals surface area (Å²) in [5, 5.41) is 19.4. The zero-order valence-electron chi connectivity index (χ0n) is 11.4. The maximum atomic E-state index is 12.8. The van der Waals surface area contributed by atoms with Crippen molar-refractivity contribution in [2.75, 3.05) is 7.11 Å². The lowest BCUT2D eigenvalue weighted by Crippen LogP contribution is -2.33. The van der Waals surface area contributed by atoms with Gasteiger partial charge in [0.25, 0.3) is 0 Å². The number of benzene rings is 1. The zero-order valence-corrected chi connectivity index (χ0v) is 11.4. The molecule has 0 aliphatic carbocycles. The maximum absolute atomic E-state index is 12.8. The van der Waals surface area contributed by atoms with Crippen molar-refractivity contribution in [2.45, 2.75) is 31.2 Å². The number of aliphatic hydroxyl groups excluding tert-OH is 2. The molecular weight excluding hydrogens is 312 g/mol. The van der Waals surface area contributed by atoms with Crippen molar-refractivity contribution in [1.82, 2.24) is 0 Å². The number of alkyl halides is 4. The third-order valence-electron chi connectivity index (χ3n) is 2.68. The van der Waals surface area contributed by atoms with E-state index < -0.39 is 42.9 Å². The minimum Gasteiger partial charge on any atom is -0.469 e. The Kier molecular flexibility index (Phi) is 6.12. The van der Waals surface area contributed by atoms with Gasteiger partial charge in [0.1, 0.15) is 11.9 Å². The molecular formula is C13H14F4O5. The average molecular weight is 326 g/mol. The van der Waals surface area contributed by atoms with Crippen LogP contribution >= 0.6 is 0 Å². The molecule has 0 amide bonds. The van der Waals surface area contributed by atoms with Crippen molar-refractivity contribution < 1.29 is 42.0 Å². The molecule has 0 bridgehead atoms. The third kappa shape index (κ3) is 4.85. The normalized spacial score (nSPS) is 14.5. The number of methoxy groups -OCH3 is 1. The number of carbonyl (C=O) groups is 1. The van der Waals surface area contributed by atoms with Gasteiger partial charge in [-0.25, -0.2) is 0 Å². The third-order valence-corrected chi connectivity index (χ3v) is 2.68. The molecule has 0 spiro atoms. The Morgan fingerprint density at radius 3 is 2.50 bits per heavy atom. The molecule has 0 saturated heterocycles. The second kappa shape index (κ2) is 7.41. The van der Waals surface area contributed by atoms with Crippen LogP contribution in [0.1, 0.15) is 18.1 Å². The van der Waals surface area contributed by atoms with Crippen LogP contribution in [0.25, 0.3) is 0 Å². The van der Waals surface area contributed by atoms with Gasteiger partial charge in [-0.3, -0.25) is 4.79 Å². The van der Waals surface area contributed by atoms with E-state index in [4.69, 9.17) is 0 Å². The second-order valence-electron chi connectivity index (χ2n) is 4.33. The van der Waals surface area contributed by atoms with Gasteiger partial charge in [0.15, 0.2) is 0 Å². The lowest BCUT2D eigenvalue weighted by Gasteiger charge is -2.20. The van der Waals surface area contributed by atoms with Crippen LogP contribution < -0.4 is 4.74 Å². The zero-order chi connectivity index (χ0) is 16.9. The van der Waals surface area contributed by atoms with Gasteiger partial charge >= 0.3 is 18.5 Å². The highest BCUT2D eigenvalue weighted by Gasteiger charge is 2.44. The summed E-state index contributed by atoms with van der Waals surface area (Å²) in [4.78, 5) is 11.0. The topological polar surface area (TPSA) is 76.0 Å². The van der Waals surface area contributed by atoms with Crippen LogP contribution in [0.4, 0.5) is 17.6 Å². The summed E-state index contributed by atoms with van der Waals surface area (Å²) in [6, 6.07) is 4.26. The summed E-state index contributed by atoms with van der Waals surface area (Å²) >= 11 is 0. The van der Waals surface area contributed by atoms with Gasteiger partial charge < -0.3 is 19.7 Å². The summed E-state index contributed by atoms with van der Waals surface area (Å²) in [7, 11) is 1.09. The minimum absolute atomic E-state index is 0.0843. The standard InChI is InChI=1S/C13H14F4O5/c1-21-10(19)6-9(18)11(20)7-3-2-4-8(5-7)22-13(16,17)12(14)15/h2-5,9,11-12,18,20H,6H2,1H3. The van der Waals surface area contributed by atoms with Gasteiger partial charge in [-0.2, -0.15) is 17.6 Å². The van der Waals surface area contributed by atoms with Gasteiger partial charge in [-0.05, 0) is 17.7 Å². The molecule has 22 heavy (non-hydrogen) atoms. The first kappa shape index (κ1) is 18.2. The SMILES string of the molecule is COC(=O)CC(O)C(O)c1cccc(OC(F)(F)C(F)F)c1. The Labute approximate surface area is 123 Å². The molecule has 2 unspecified atom stereocenters. The van der Waals surface area contributed by atoms with Gasteiger partial charge in [0.05, 0.1) is 19.6 Å². The van der Waals surface area contributed by atoms with Crippen molar-refractivity contribution in [3.05, 3.63) is 29.8 Å². The number of hydrogen-bond acceptors (Lipinski definition) is 5. The first-order valence-corrected chi connectivity index (χ1v) is 6.05. The number of rotatable bonds is 7. The second-order valence-corrected chi connectivity index (χ2v) is 4.33. The molecule has 0 saturated carbocycles. The predicted octanol–water partition coefficient (Wildman–Crippen LogP) is 1.88. The minimum atomic E-state index is -4.69. The van der Waals surface area contributed by atoms with Crippen molar-refractivity contribution in [1.29, 1.82) is 0 Å². The van der Waals surface area contributed by atoms with Crippen molar-refractivity contribution in [2.24, 2.45) is 0 Å². The van der Waals surface area contributed by atoms with E-state index in [1.54, 1.807) is 0 Å². The van der Waals surface area contributed by atoms with Crippen LogP contribution in [-0.2, 0) is 9.53 Å². The number of carbonyl (C=O) groups excluding carboxylic acids is 1. The summed E-state index contributed by atoms with van der Waals surface area (Å²) in [6.45, 7) is 0. The summed E-state index contributed by atoms with van der Waals surface area (Å²) < 4.78 is 57.9. The number of hydrogen-bond donors (Lipinski definition) is 2. The van der Waals surface area contributed by atoms with Gasteiger partial charge in [0, 0.05) is 0 Å². The first-order chi connectivity index (χ1) is 10.2. The summed E-state index contributed by atoms with van der Waals surface area (Å²) in [5.41, 5.74) is -0.0843. The summed E-state index contributed by atoms with van der Waals surface area (Å²) in [6.07, 6.45) is -12.4. The van der Waals surface area contributed by atoms with E-state index in [1.807, 2.05) is 0 Å². The Hall–Kier alpha value is -1.87. The van der Waals surface area contributed by atoms with Crippen LogP contribution in [0.3, 0.4) is 0 Å². The van der Waals surface area contributed by atoms with Crippen LogP contribution in [0, 0.1) is 0 Å². The molecule has 124 valence electrons. The summed E-state index contributed by atoms with van der Waals surface area (Å²) in [5.74, 6) is -1.41. The highest BCUT2D eigenvalue weighted by molar-refractivity contribution is 5.69. The van der Waals surface area contributed by atoms with Crippen LogP contribution in [0.15, 0.2) is 24.3 Å². The molecule has 9 heteroatoms. The van der Waals surface area contributed by atoms with E-state index in [-0.39, 0.29) is 5.56 Å². The molecule has 0 radical (unpaired) electrons. The highest BCUT2D eigenvalue weighted by atomic mass is 19.3. The molecule has 5 nitrogen and oxygen atoms in total. The fraction of sp³-hybridized carbons (Fsp3) is 0.462. The van der Waals surface area contributed by atoms with Crippen LogP contribution in [0.5, 0.6) is 5.75 Å². The smallest absolute Gasteiger partial charge is 0.461 e. The van der Waals surface area contributed by atoms with E-state index in [0.717, 1.165) is 19.2 Å². The lowest BCUT2D eigenvalue weighted by molar-refractivity contribution is -0.253. The molecule has 0 aliphatic rings. The van der Waals surface area contributed by atoms with E-state index in [2.05, 4.69) is 9.47 Å². The number of aliphatic hydroxyl groups is 2. The van der Waals surface area contributed by atoms with Crippen molar-refractivity contribution in [3.8, 4) is 5.75 Å². The van der Waals surface area contributed by atoms with Crippen molar-refractivity contribution >= 4 is 5.97 Å². The molecule has 1 aromatic carbocycles. The monoisotopic (exact) mass is 326 g/mol. The fourth-order valence-electron chi connectivity index (χ4n) is 1.55. The Morgan fingerprint density at radius 2 is 1.95 bits per heavy atom. The van der Waals surface area contributed by atoms with Crippen LogP contribution in [-0.4, -0.2) is 41.9 Å². The highest BCUT2D eigenvalue weighted by Crippen LogP contribution is 2.30. The number of halogens is 4. The predicted molar refractivity (Wildman–Crippen MR) is 65.6 cm³/mol. The Morgan fingerprint density at radius 1 is 1.32 bits per heavy atom. The van der Waals surface area contributed by atoms with Gasteiger partial charge in [-0.1, -0.05) is 12.1 Å². The maximum Gasteiger partial charge on any atom is 0.461 e. The molecule has 0 heterocycles. The Bertz CT molecular complexity index is 509. The molecule has 1 rings (SSSR count). The van der Waals surface area contributed by atoms with E-state index in [0.29, 0.717) is 0 Å². The molecule has 2 N–H and O–H groups in total. The fourth-order valence-corrected chi connectivity index (χ4v) is 1.55. The molecule has 0 aromatic heterocycles. The van der Waals surface area contributed by atoms with Gasteiger partial charge in [0.2, 0.25) is 0 Å². The van der Waals surface area contributed by atoms with Gasteiger partial charge in [-0.15, -0.1) is 0 Å². The van der Waals surface area contributed by atoms with Crippen molar-refractivity contribution in [3.63, 3.8) is 0 Å². The molecule has 1 aromatic rings. The number of ether oxygens (including phenoxy) is 2. The first-order valence-electron chi connectivity index (χ1n) is 6.05. The largest absolute Gasteiger partial charge is 0.469 e. The molecule has 0 fully saturated rings. The number of esters is 1. The van der Waals surface area contributed by atoms with E-state index >= 15 is 0 Å². The lowest BCUT2D eigenvalue weighted by atomic mass is 10.0. The quantitative estimate of drug-likeness (QED) is 0.591. The van der Waals surface area contributed by atoms with Crippen LogP contribution in [0.2, 0.25) is 0 Å².